The van der Waals surface area contributed by atoms with Crippen LogP contribution < -0.4 is 4.74 Å². The van der Waals surface area contributed by atoms with Gasteiger partial charge in [-0.2, -0.15) is 14.7 Å². The molecule has 0 aliphatic heterocycles. The Morgan fingerprint density at radius 3 is 2.66 bits per heavy atom. The van der Waals surface area contributed by atoms with Gasteiger partial charge in [-0.15, -0.1) is 10.2 Å². The summed E-state index contributed by atoms with van der Waals surface area (Å²) < 4.78 is 7.52. The first-order valence-electron chi connectivity index (χ1n) is 8.88. The molecule has 0 atom stereocenters. The Bertz CT molecular complexity index is 1270. The van der Waals surface area contributed by atoms with Crippen molar-refractivity contribution in [1.82, 2.24) is 30.0 Å². The number of H-pyrrole nitrogens is 1. The zero-order valence-corrected chi connectivity index (χ0v) is 16.9. The van der Waals surface area contributed by atoms with Crippen molar-refractivity contribution in [2.24, 2.45) is 0 Å². The SMILES string of the molecule is Cc1ccc(OCc2nn3c(-c4cc(-c5ccc(Cl)cc5)n[nH]4)nnc3s2)cc1. The van der Waals surface area contributed by atoms with Crippen LogP contribution in [-0.4, -0.2) is 30.0 Å². The number of aryl methyl sites for hydroxylation is 1. The molecular formula is C20H15ClN6OS. The fourth-order valence-electron chi connectivity index (χ4n) is 2.87. The number of aromatic amines is 1. The molecule has 2 aromatic carbocycles. The topological polar surface area (TPSA) is 81.0 Å². The Morgan fingerprint density at radius 2 is 1.86 bits per heavy atom. The third kappa shape index (κ3) is 3.59. The molecule has 7 nitrogen and oxygen atoms in total. The van der Waals surface area contributed by atoms with Crippen LogP contribution in [0, 0.1) is 6.92 Å². The van der Waals surface area contributed by atoms with Gasteiger partial charge in [-0.25, -0.2) is 0 Å². The molecule has 144 valence electrons. The molecule has 0 bridgehead atoms. The van der Waals surface area contributed by atoms with Gasteiger partial charge in [-0.1, -0.05) is 52.8 Å². The molecule has 29 heavy (non-hydrogen) atoms. The fourth-order valence-corrected chi connectivity index (χ4v) is 3.74. The minimum atomic E-state index is 0.371. The summed E-state index contributed by atoms with van der Waals surface area (Å²) in [5, 5.41) is 21.9. The lowest BCUT2D eigenvalue weighted by Crippen LogP contribution is -1.97. The minimum absolute atomic E-state index is 0.371. The van der Waals surface area contributed by atoms with Crippen molar-refractivity contribution in [3.05, 3.63) is 70.2 Å². The van der Waals surface area contributed by atoms with Gasteiger partial charge in [0.1, 0.15) is 18.1 Å². The Kier molecular flexibility index (Phi) is 4.49. The van der Waals surface area contributed by atoms with Crippen molar-refractivity contribution in [2.75, 3.05) is 0 Å². The molecular weight excluding hydrogens is 408 g/mol. The largest absolute Gasteiger partial charge is 0.486 e. The maximum atomic E-state index is 5.96. The van der Waals surface area contributed by atoms with E-state index in [2.05, 4.69) is 25.5 Å². The van der Waals surface area contributed by atoms with E-state index in [0.717, 1.165) is 27.7 Å². The van der Waals surface area contributed by atoms with Gasteiger partial charge in [-0.3, -0.25) is 5.10 Å². The molecule has 3 heterocycles. The number of fused-ring (bicyclic) bond motifs is 1. The average Bonchev–Trinajstić information content (AvgIpc) is 3.44. The van der Waals surface area contributed by atoms with Crippen LogP contribution in [0.15, 0.2) is 54.6 Å². The highest BCUT2D eigenvalue weighted by atomic mass is 35.5. The predicted molar refractivity (Wildman–Crippen MR) is 112 cm³/mol. The predicted octanol–water partition coefficient (Wildman–Crippen LogP) is 4.78. The van der Waals surface area contributed by atoms with Gasteiger partial charge in [0.2, 0.25) is 10.8 Å². The molecule has 0 aliphatic carbocycles. The summed E-state index contributed by atoms with van der Waals surface area (Å²) >= 11 is 7.40. The zero-order valence-electron chi connectivity index (χ0n) is 15.3. The van der Waals surface area contributed by atoms with Crippen molar-refractivity contribution >= 4 is 27.9 Å². The quantitative estimate of drug-likeness (QED) is 0.440. The van der Waals surface area contributed by atoms with Crippen LogP contribution in [0.25, 0.3) is 27.7 Å². The lowest BCUT2D eigenvalue weighted by atomic mass is 10.1. The number of aromatic nitrogens is 6. The van der Waals surface area contributed by atoms with Gasteiger partial charge < -0.3 is 4.74 Å². The second-order valence-electron chi connectivity index (χ2n) is 6.49. The van der Waals surface area contributed by atoms with Gasteiger partial charge in [0.25, 0.3) is 0 Å². The smallest absolute Gasteiger partial charge is 0.235 e. The lowest BCUT2D eigenvalue weighted by molar-refractivity contribution is 0.304. The summed E-state index contributed by atoms with van der Waals surface area (Å²) in [6, 6.07) is 17.4. The van der Waals surface area contributed by atoms with E-state index in [1.807, 2.05) is 61.5 Å². The Labute approximate surface area is 175 Å². The molecule has 5 rings (SSSR count). The van der Waals surface area contributed by atoms with Crippen LogP contribution in [0.1, 0.15) is 10.6 Å². The van der Waals surface area contributed by atoms with E-state index in [9.17, 15) is 0 Å². The molecule has 5 aromatic rings. The van der Waals surface area contributed by atoms with E-state index in [4.69, 9.17) is 16.3 Å². The summed E-state index contributed by atoms with van der Waals surface area (Å²) in [7, 11) is 0. The highest BCUT2D eigenvalue weighted by Crippen LogP contribution is 2.26. The van der Waals surface area contributed by atoms with E-state index in [1.165, 1.54) is 16.9 Å². The standard InChI is InChI=1S/C20H15ClN6OS/c1-12-2-8-15(9-3-12)28-11-18-26-27-19(24-25-20(27)29-18)17-10-16(22-23-17)13-4-6-14(21)7-5-13/h2-10H,11H2,1H3,(H,22,23). The monoisotopic (exact) mass is 422 g/mol. The van der Waals surface area contributed by atoms with E-state index in [0.29, 0.717) is 22.4 Å². The summed E-state index contributed by atoms with van der Waals surface area (Å²) in [4.78, 5) is 0.699. The molecule has 3 aromatic heterocycles. The number of rotatable bonds is 5. The molecule has 0 radical (unpaired) electrons. The van der Waals surface area contributed by atoms with Crippen LogP contribution in [0.4, 0.5) is 0 Å². The first kappa shape index (κ1) is 17.8. The minimum Gasteiger partial charge on any atom is -0.486 e. The maximum absolute atomic E-state index is 5.96. The number of hydrogen-bond donors (Lipinski definition) is 1. The highest BCUT2D eigenvalue weighted by molar-refractivity contribution is 7.16. The van der Waals surface area contributed by atoms with Crippen molar-refractivity contribution in [3.8, 4) is 28.5 Å². The average molecular weight is 423 g/mol. The molecule has 1 N–H and O–H groups in total. The zero-order chi connectivity index (χ0) is 19.8. The molecule has 0 unspecified atom stereocenters. The molecule has 0 aliphatic rings. The van der Waals surface area contributed by atoms with Gasteiger partial charge in [0, 0.05) is 10.6 Å². The molecule has 0 saturated carbocycles. The van der Waals surface area contributed by atoms with E-state index in [1.54, 1.807) is 4.52 Å². The van der Waals surface area contributed by atoms with Crippen LogP contribution in [-0.2, 0) is 6.61 Å². The van der Waals surface area contributed by atoms with E-state index < -0.39 is 0 Å². The number of benzene rings is 2. The van der Waals surface area contributed by atoms with Gasteiger partial charge in [-0.05, 0) is 37.3 Å². The Morgan fingerprint density at radius 1 is 1.07 bits per heavy atom. The van der Waals surface area contributed by atoms with Crippen molar-refractivity contribution in [1.29, 1.82) is 0 Å². The van der Waals surface area contributed by atoms with Gasteiger partial charge in [0.05, 0.1) is 5.69 Å². The highest BCUT2D eigenvalue weighted by Gasteiger charge is 2.16. The van der Waals surface area contributed by atoms with Crippen LogP contribution >= 0.6 is 22.9 Å². The summed E-state index contributed by atoms with van der Waals surface area (Å²) in [6.07, 6.45) is 0. The number of hydrogen-bond acceptors (Lipinski definition) is 6. The number of nitrogens with zero attached hydrogens (tertiary/aromatic N) is 5. The number of ether oxygens (including phenoxy) is 1. The van der Waals surface area contributed by atoms with Crippen LogP contribution in [0.2, 0.25) is 5.02 Å². The molecule has 0 saturated heterocycles. The second-order valence-corrected chi connectivity index (χ2v) is 7.97. The van der Waals surface area contributed by atoms with Gasteiger partial charge >= 0.3 is 0 Å². The molecule has 0 amide bonds. The Balaban J connectivity index is 1.38. The molecule has 0 spiro atoms. The lowest BCUT2D eigenvalue weighted by Gasteiger charge is -2.03. The van der Waals surface area contributed by atoms with Gasteiger partial charge in [0.15, 0.2) is 5.01 Å². The summed E-state index contributed by atoms with van der Waals surface area (Å²) in [6.45, 7) is 2.41. The fraction of sp³-hybridized carbons (Fsp3) is 0.100. The molecule has 9 heteroatoms. The third-order valence-electron chi connectivity index (χ3n) is 4.37. The maximum Gasteiger partial charge on any atom is 0.235 e. The summed E-state index contributed by atoms with van der Waals surface area (Å²) in [5.41, 5.74) is 3.69. The van der Waals surface area contributed by atoms with Crippen molar-refractivity contribution < 1.29 is 4.74 Å². The number of halogens is 1. The van der Waals surface area contributed by atoms with E-state index in [-0.39, 0.29) is 0 Å². The number of nitrogens with one attached hydrogen (secondary N) is 1. The van der Waals surface area contributed by atoms with Crippen molar-refractivity contribution in [2.45, 2.75) is 13.5 Å². The first-order chi connectivity index (χ1) is 14.2. The first-order valence-corrected chi connectivity index (χ1v) is 10.1. The third-order valence-corrected chi connectivity index (χ3v) is 5.50. The normalized spacial score (nSPS) is 11.2. The van der Waals surface area contributed by atoms with E-state index >= 15 is 0 Å². The summed E-state index contributed by atoms with van der Waals surface area (Å²) in [5.74, 6) is 1.41. The van der Waals surface area contributed by atoms with Crippen LogP contribution in [0.5, 0.6) is 5.75 Å². The second kappa shape index (κ2) is 7.31. The molecule has 0 fully saturated rings. The van der Waals surface area contributed by atoms with Crippen molar-refractivity contribution in [3.63, 3.8) is 0 Å². The van der Waals surface area contributed by atoms with Crippen LogP contribution in [0.3, 0.4) is 0 Å². The Hall–Kier alpha value is -3.23.